The van der Waals surface area contributed by atoms with Gasteiger partial charge in [-0.3, -0.25) is 24.0 Å². The van der Waals surface area contributed by atoms with Crippen molar-refractivity contribution in [2.24, 2.45) is 0 Å². The van der Waals surface area contributed by atoms with Crippen LogP contribution >= 0.6 is 0 Å². The van der Waals surface area contributed by atoms with E-state index in [-0.39, 0.29) is 62.8 Å². The van der Waals surface area contributed by atoms with Crippen molar-refractivity contribution in [1.82, 2.24) is 0 Å². The Hall–Kier alpha value is -4.42. The molecule has 1 aromatic rings. The lowest BCUT2D eigenvalue weighted by atomic mass is 9.94. The Labute approximate surface area is 421 Å². The summed E-state index contributed by atoms with van der Waals surface area (Å²) in [7, 11) is 2.81. The number of esters is 6. The minimum atomic E-state index is -1.07. The summed E-state index contributed by atoms with van der Waals surface area (Å²) in [5, 5.41) is 0. The Morgan fingerprint density at radius 2 is 0.971 bits per heavy atom. The Morgan fingerprint density at radius 1 is 0.543 bits per heavy atom. The summed E-state index contributed by atoms with van der Waals surface area (Å²) in [6.07, 6.45) is 32.3. The van der Waals surface area contributed by atoms with E-state index in [2.05, 4.69) is 13.8 Å². The standard InChI is InChI=1S/C57H92O13/c1-7-9-11-13-15-17-19-21-23-25-27-29-31-33-50(59)66-41-46(42-67-51(60)34-32-30-28-26-24-22-20-18-16-14-12-10-8-2)69-52(61)39-40-53(62)70-56-47(37-35-44(3)36-38-49(58)64-5)55(65-6)45(4)48-43-68-57(63)54(48)56/h35,46H,7-34,36-43H2,1-6H3/b44-35+. The molecule has 0 saturated heterocycles. The predicted molar refractivity (Wildman–Crippen MR) is 273 cm³/mol. The second kappa shape index (κ2) is 39.2. The highest BCUT2D eigenvalue weighted by molar-refractivity contribution is 5.99. The normalized spacial score (nSPS) is 12.2. The van der Waals surface area contributed by atoms with E-state index in [0.29, 0.717) is 41.7 Å². The second-order valence-corrected chi connectivity index (χ2v) is 19.2. The molecule has 0 spiro atoms. The van der Waals surface area contributed by atoms with Crippen molar-refractivity contribution in [3.8, 4) is 11.5 Å². The lowest BCUT2D eigenvalue weighted by molar-refractivity contribution is -0.167. The maximum absolute atomic E-state index is 13.4. The molecular weight excluding hydrogens is 893 g/mol. The molecule has 1 aliphatic heterocycles. The summed E-state index contributed by atoms with van der Waals surface area (Å²) in [5.74, 6) is -3.01. The van der Waals surface area contributed by atoms with Gasteiger partial charge in [-0.2, -0.15) is 0 Å². The van der Waals surface area contributed by atoms with Gasteiger partial charge in [0.25, 0.3) is 0 Å². The van der Waals surface area contributed by atoms with Crippen LogP contribution in [0, 0.1) is 6.92 Å². The lowest BCUT2D eigenvalue weighted by Gasteiger charge is -2.19. The molecule has 0 radical (unpaired) electrons. The van der Waals surface area contributed by atoms with Crippen molar-refractivity contribution >= 4 is 35.8 Å². The fourth-order valence-electron chi connectivity index (χ4n) is 8.72. The topological polar surface area (TPSA) is 167 Å². The van der Waals surface area contributed by atoms with Crippen molar-refractivity contribution in [3.05, 3.63) is 33.9 Å². The molecule has 2 rings (SSSR count). The highest BCUT2D eigenvalue weighted by Crippen LogP contribution is 2.43. The summed E-state index contributed by atoms with van der Waals surface area (Å²) in [6.45, 7) is 7.52. The molecule has 0 amide bonds. The van der Waals surface area contributed by atoms with Crippen LogP contribution in [0.1, 0.15) is 253 Å². The number of allylic oxidation sites excluding steroid dienone is 2. The molecule has 1 aromatic carbocycles. The van der Waals surface area contributed by atoms with Crippen LogP contribution in [0.5, 0.6) is 11.5 Å². The highest BCUT2D eigenvalue weighted by atomic mass is 16.6. The van der Waals surface area contributed by atoms with Crippen molar-refractivity contribution in [2.45, 2.75) is 252 Å². The first kappa shape index (κ1) is 61.7. The summed E-state index contributed by atoms with van der Waals surface area (Å²) < 4.78 is 38.4. The van der Waals surface area contributed by atoms with Crippen LogP contribution in [0.15, 0.2) is 11.6 Å². The fraction of sp³-hybridized carbons (Fsp3) is 0.754. The van der Waals surface area contributed by atoms with Crippen LogP contribution in [0.3, 0.4) is 0 Å². The van der Waals surface area contributed by atoms with E-state index in [4.69, 9.17) is 33.2 Å². The number of carbonyl (C=O) groups excluding carboxylic acids is 6. The van der Waals surface area contributed by atoms with Gasteiger partial charge in [-0.05, 0) is 45.1 Å². The van der Waals surface area contributed by atoms with Gasteiger partial charge in [-0.25, -0.2) is 4.79 Å². The zero-order chi connectivity index (χ0) is 51.2. The number of carbonyl (C=O) groups is 6. The number of ether oxygens (including phenoxy) is 7. The van der Waals surface area contributed by atoms with Crippen LogP contribution in [-0.2, 0) is 60.7 Å². The van der Waals surface area contributed by atoms with Crippen LogP contribution in [0.2, 0.25) is 0 Å². The van der Waals surface area contributed by atoms with Crippen molar-refractivity contribution in [1.29, 1.82) is 0 Å². The fourth-order valence-corrected chi connectivity index (χ4v) is 8.72. The number of unbranched alkanes of at least 4 members (excludes halogenated alkanes) is 24. The molecule has 0 atom stereocenters. The van der Waals surface area contributed by atoms with Gasteiger partial charge in [0, 0.05) is 30.4 Å². The maximum Gasteiger partial charge on any atom is 0.342 e. The van der Waals surface area contributed by atoms with E-state index >= 15 is 0 Å². The van der Waals surface area contributed by atoms with Gasteiger partial charge in [-0.1, -0.05) is 180 Å². The van der Waals surface area contributed by atoms with Crippen molar-refractivity contribution < 1.29 is 61.9 Å². The first-order chi connectivity index (χ1) is 33.9. The predicted octanol–water partition coefficient (Wildman–Crippen LogP) is 13.8. The average Bonchev–Trinajstić information content (AvgIpc) is 3.75. The Balaban J connectivity index is 1.95. The Kier molecular flexibility index (Phi) is 34.6. The number of hydrogen-bond acceptors (Lipinski definition) is 13. The molecular formula is C57H92O13. The molecule has 1 heterocycles. The van der Waals surface area contributed by atoms with Crippen LogP contribution in [0.25, 0.3) is 0 Å². The maximum atomic E-state index is 13.4. The van der Waals surface area contributed by atoms with Gasteiger partial charge in [0.2, 0.25) is 0 Å². The number of fused-ring (bicyclic) bond motifs is 1. The quantitative estimate of drug-likeness (QED) is 0.0199. The number of rotatable bonds is 43. The van der Waals surface area contributed by atoms with Gasteiger partial charge in [0.1, 0.15) is 31.1 Å². The number of benzene rings is 1. The molecule has 1 aliphatic rings. The SMILES string of the molecule is CCCCCCCCCCCCCCCC(=O)OCC(COC(=O)CCCCCCCCCCCCCCC)OC(=O)CCC(=O)Oc1c(C/C=C(\C)CCC(=O)OC)c(OC)c(C)c2c1C(=O)OC2. The smallest absolute Gasteiger partial charge is 0.342 e. The summed E-state index contributed by atoms with van der Waals surface area (Å²) >= 11 is 0. The molecule has 0 saturated carbocycles. The van der Waals surface area contributed by atoms with Gasteiger partial charge >= 0.3 is 35.8 Å². The molecule has 70 heavy (non-hydrogen) atoms. The van der Waals surface area contributed by atoms with E-state index < -0.39 is 48.8 Å². The zero-order valence-corrected chi connectivity index (χ0v) is 44.4. The molecule has 0 bridgehead atoms. The molecule has 13 heteroatoms. The molecule has 13 nitrogen and oxygen atoms in total. The minimum absolute atomic E-state index is 0.0148. The second-order valence-electron chi connectivity index (χ2n) is 19.2. The number of hydrogen-bond donors (Lipinski definition) is 0. The minimum Gasteiger partial charge on any atom is -0.496 e. The third-order valence-corrected chi connectivity index (χ3v) is 13.1. The zero-order valence-electron chi connectivity index (χ0n) is 44.4. The number of cyclic esters (lactones) is 1. The lowest BCUT2D eigenvalue weighted by Crippen LogP contribution is -2.31. The van der Waals surface area contributed by atoms with Crippen LogP contribution in [-0.4, -0.2) is 69.4 Å². The summed E-state index contributed by atoms with van der Waals surface area (Å²) in [6, 6.07) is 0. The first-order valence-corrected chi connectivity index (χ1v) is 27.3. The van der Waals surface area contributed by atoms with Gasteiger partial charge in [0.05, 0.1) is 27.1 Å². The number of methoxy groups -OCH3 is 2. The van der Waals surface area contributed by atoms with Gasteiger partial charge in [-0.15, -0.1) is 0 Å². The van der Waals surface area contributed by atoms with E-state index in [9.17, 15) is 28.8 Å². The van der Waals surface area contributed by atoms with E-state index in [0.717, 1.165) is 44.1 Å². The third-order valence-electron chi connectivity index (χ3n) is 13.1. The third kappa shape index (κ3) is 27.3. The molecule has 0 aliphatic carbocycles. The van der Waals surface area contributed by atoms with Crippen molar-refractivity contribution in [3.63, 3.8) is 0 Å². The van der Waals surface area contributed by atoms with Gasteiger partial charge < -0.3 is 33.2 Å². The van der Waals surface area contributed by atoms with E-state index in [1.54, 1.807) is 6.92 Å². The van der Waals surface area contributed by atoms with Crippen LogP contribution in [0.4, 0.5) is 0 Å². The summed E-state index contributed by atoms with van der Waals surface area (Å²) in [4.78, 5) is 76.9. The average molecular weight is 985 g/mol. The first-order valence-electron chi connectivity index (χ1n) is 27.3. The molecule has 0 aromatic heterocycles. The largest absolute Gasteiger partial charge is 0.496 e. The van der Waals surface area contributed by atoms with E-state index in [1.807, 2.05) is 13.0 Å². The highest BCUT2D eigenvalue weighted by Gasteiger charge is 2.34. The molecule has 398 valence electrons. The Bertz CT molecular complexity index is 1670. The van der Waals surface area contributed by atoms with E-state index in [1.165, 1.54) is 130 Å². The summed E-state index contributed by atoms with van der Waals surface area (Å²) in [5.41, 5.74) is 2.63. The molecule has 0 unspecified atom stereocenters. The Morgan fingerprint density at radius 3 is 1.41 bits per heavy atom. The monoisotopic (exact) mass is 985 g/mol. The van der Waals surface area contributed by atoms with Crippen molar-refractivity contribution in [2.75, 3.05) is 27.4 Å². The molecule has 0 fully saturated rings. The molecule has 0 N–H and O–H groups in total. The van der Waals surface area contributed by atoms with Crippen LogP contribution < -0.4 is 9.47 Å². The van der Waals surface area contributed by atoms with Gasteiger partial charge in [0.15, 0.2) is 11.9 Å².